The highest BCUT2D eigenvalue weighted by Crippen LogP contribution is 1.95. The van der Waals surface area contributed by atoms with E-state index in [1.54, 1.807) is 6.08 Å². The van der Waals surface area contributed by atoms with Gasteiger partial charge in [-0.25, -0.2) is 0 Å². The molecule has 0 aliphatic carbocycles. The maximum absolute atomic E-state index is 10.8. The predicted octanol–water partition coefficient (Wildman–Crippen LogP) is 1.60. The van der Waals surface area contributed by atoms with Crippen LogP contribution < -0.4 is 0 Å². The lowest BCUT2D eigenvalue weighted by molar-refractivity contribution is -0.158. The van der Waals surface area contributed by atoms with Crippen molar-refractivity contribution in [2.24, 2.45) is 0 Å². The summed E-state index contributed by atoms with van der Waals surface area (Å²) in [6.45, 7) is 6.78. The third kappa shape index (κ3) is 5.41. The first-order valence-electron chi connectivity index (χ1n) is 3.66. The SMILES string of the molecule is C=CCCC(=O)OC(=O)CC=C. The van der Waals surface area contributed by atoms with Crippen LogP contribution in [-0.2, 0) is 14.3 Å². The van der Waals surface area contributed by atoms with Crippen molar-refractivity contribution in [3.63, 3.8) is 0 Å². The van der Waals surface area contributed by atoms with Crippen LogP contribution in [-0.4, -0.2) is 11.9 Å². The van der Waals surface area contributed by atoms with Crippen molar-refractivity contribution < 1.29 is 14.3 Å². The summed E-state index contributed by atoms with van der Waals surface area (Å²) >= 11 is 0. The maximum Gasteiger partial charge on any atom is 0.317 e. The fourth-order valence-corrected chi connectivity index (χ4v) is 0.557. The number of allylic oxidation sites excluding steroid dienone is 1. The Bertz CT molecular complexity index is 194. The second kappa shape index (κ2) is 6.34. The molecule has 0 aromatic rings. The Balaban J connectivity index is 3.60. The van der Waals surface area contributed by atoms with Gasteiger partial charge in [0.1, 0.15) is 0 Å². The lowest BCUT2D eigenvalue weighted by Crippen LogP contribution is -2.10. The maximum atomic E-state index is 10.8. The zero-order chi connectivity index (χ0) is 9.40. The lowest BCUT2D eigenvalue weighted by Gasteiger charge is -1.98. The molecule has 66 valence electrons. The number of carbonyl (C=O) groups excluding carboxylic acids is 2. The van der Waals surface area contributed by atoms with Crippen LogP contribution in [0.1, 0.15) is 19.3 Å². The molecule has 0 aliphatic heterocycles. The molecule has 0 fully saturated rings. The third-order valence-electron chi connectivity index (χ3n) is 1.09. The third-order valence-corrected chi connectivity index (χ3v) is 1.09. The van der Waals surface area contributed by atoms with Crippen molar-refractivity contribution in [1.29, 1.82) is 0 Å². The normalized spacial score (nSPS) is 8.67. The first-order valence-corrected chi connectivity index (χ1v) is 3.66. The van der Waals surface area contributed by atoms with Gasteiger partial charge in [-0.2, -0.15) is 0 Å². The molecule has 0 unspecified atom stereocenters. The molecule has 0 N–H and O–H groups in total. The fraction of sp³-hybridized carbons (Fsp3) is 0.333. The van der Waals surface area contributed by atoms with Gasteiger partial charge in [0.05, 0.1) is 6.42 Å². The van der Waals surface area contributed by atoms with Crippen LogP contribution in [0.4, 0.5) is 0 Å². The van der Waals surface area contributed by atoms with E-state index in [9.17, 15) is 9.59 Å². The molecule has 0 bridgehead atoms. The summed E-state index contributed by atoms with van der Waals surface area (Å²) in [5, 5.41) is 0. The summed E-state index contributed by atoms with van der Waals surface area (Å²) in [5.74, 6) is -1.07. The van der Waals surface area contributed by atoms with Crippen LogP contribution >= 0.6 is 0 Å². The molecule has 0 spiro atoms. The van der Waals surface area contributed by atoms with Crippen LogP contribution in [0.5, 0.6) is 0 Å². The van der Waals surface area contributed by atoms with Gasteiger partial charge in [0.15, 0.2) is 0 Å². The highest BCUT2D eigenvalue weighted by Gasteiger charge is 2.06. The van der Waals surface area contributed by atoms with E-state index in [1.165, 1.54) is 6.08 Å². The fourth-order valence-electron chi connectivity index (χ4n) is 0.557. The van der Waals surface area contributed by atoms with Gasteiger partial charge in [0.25, 0.3) is 0 Å². The first-order chi connectivity index (χ1) is 5.70. The van der Waals surface area contributed by atoms with Crippen LogP contribution in [0.2, 0.25) is 0 Å². The molecular weight excluding hydrogens is 156 g/mol. The van der Waals surface area contributed by atoms with E-state index in [0.717, 1.165) is 0 Å². The summed E-state index contributed by atoms with van der Waals surface area (Å²) in [6, 6.07) is 0. The molecule has 0 saturated heterocycles. The van der Waals surface area contributed by atoms with Gasteiger partial charge in [-0.3, -0.25) is 9.59 Å². The molecule has 0 atom stereocenters. The van der Waals surface area contributed by atoms with Crippen molar-refractivity contribution in [3.8, 4) is 0 Å². The zero-order valence-corrected chi connectivity index (χ0v) is 6.91. The van der Waals surface area contributed by atoms with Crippen LogP contribution in [0.3, 0.4) is 0 Å². The summed E-state index contributed by atoms with van der Waals surface area (Å²) in [7, 11) is 0. The van der Waals surface area contributed by atoms with E-state index in [4.69, 9.17) is 0 Å². The molecule has 0 heterocycles. The second-order valence-corrected chi connectivity index (χ2v) is 2.17. The Kier molecular flexibility index (Phi) is 5.61. The Morgan fingerprint density at radius 2 is 1.83 bits per heavy atom. The lowest BCUT2D eigenvalue weighted by atomic mass is 10.3. The number of hydrogen-bond acceptors (Lipinski definition) is 3. The molecule has 0 aliphatic rings. The van der Waals surface area contributed by atoms with Crippen molar-refractivity contribution in [2.75, 3.05) is 0 Å². The molecule has 0 rings (SSSR count). The van der Waals surface area contributed by atoms with Gasteiger partial charge in [-0.1, -0.05) is 12.2 Å². The van der Waals surface area contributed by atoms with E-state index in [0.29, 0.717) is 6.42 Å². The number of ether oxygens (including phenoxy) is 1. The van der Waals surface area contributed by atoms with Crippen molar-refractivity contribution in [1.82, 2.24) is 0 Å². The second-order valence-electron chi connectivity index (χ2n) is 2.17. The minimum absolute atomic E-state index is 0.0693. The average molecular weight is 168 g/mol. The molecular formula is C9H12O3. The Morgan fingerprint density at radius 1 is 1.17 bits per heavy atom. The molecule has 0 radical (unpaired) electrons. The monoisotopic (exact) mass is 168 g/mol. The molecule has 3 nitrogen and oxygen atoms in total. The number of carbonyl (C=O) groups is 2. The van der Waals surface area contributed by atoms with Crippen LogP contribution in [0.25, 0.3) is 0 Å². The minimum atomic E-state index is -0.556. The van der Waals surface area contributed by atoms with Crippen LogP contribution in [0.15, 0.2) is 25.3 Å². The van der Waals surface area contributed by atoms with Gasteiger partial charge >= 0.3 is 11.9 Å². The highest BCUT2D eigenvalue weighted by atomic mass is 16.6. The van der Waals surface area contributed by atoms with E-state index < -0.39 is 11.9 Å². The van der Waals surface area contributed by atoms with E-state index in [-0.39, 0.29) is 12.8 Å². The first kappa shape index (κ1) is 10.6. The molecule has 0 aromatic carbocycles. The van der Waals surface area contributed by atoms with Crippen molar-refractivity contribution >= 4 is 11.9 Å². The largest absolute Gasteiger partial charge is 0.393 e. The van der Waals surface area contributed by atoms with Gasteiger partial charge in [0, 0.05) is 6.42 Å². The quantitative estimate of drug-likeness (QED) is 0.356. The number of rotatable bonds is 5. The predicted molar refractivity (Wildman–Crippen MR) is 45.3 cm³/mol. The Labute approximate surface area is 71.7 Å². The zero-order valence-electron chi connectivity index (χ0n) is 6.91. The summed E-state index contributed by atoms with van der Waals surface area (Å²) < 4.78 is 4.40. The standard InChI is InChI=1S/C9H12O3/c1-3-5-7-9(11)12-8(10)6-4-2/h3-4H,1-2,5-7H2. The molecule has 12 heavy (non-hydrogen) atoms. The smallest absolute Gasteiger partial charge is 0.317 e. The Hall–Kier alpha value is -1.38. The van der Waals surface area contributed by atoms with Gasteiger partial charge in [-0.15, -0.1) is 13.2 Å². The Morgan fingerprint density at radius 3 is 2.33 bits per heavy atom. The topological polar surface area (TPSA) is 43.4 Å². The number of esters is 2. The molecule has 0 saturated carbocycles. The van der Waals surface area contributed by atoms with Crippen LogP contribution in [0, 0.1) is 0 Å². The van der Waals surface area contributed by atoms with E-state index in [2.05, 4.69) is 17.9 Å². The van der Waals surface area contributed by atoms with Crippen molar-refractivity contribution in [2.45, 2.75) is 19.3 Å². The molecule has 0 amide bonds. The van der Waals surface area contributed by atoms with Gasteiger partial charge in [-0.05, 0) is 6.42 Å². The van der Waals surface area contributed by atoms with Gasteiger partial charge < -0.3 is 4.74 Å². The molecule has 0 aromatic heterocycles. The highest BCUT2D eigenvalue weighted by molar-refractivity contribution is 5.86. The van der Waals surface area contributed by atoms with Crippen molar-refractivity contribution in [3.05, 3.63) is 25.3 Å². The van der Waals surface area contributed by atoms with E-state index in [1.807, 2.05) is 0 Å². The number of hydrogen-bond donors (Lipinski definition) is 0. The summed E-state index contributed by atoms with van der Waals surface area (Å²) in [5.41, 5.74) is 0. The minimum Gasteiger partial charge on any atom is -0.393 e. The van der Waals surface area contributed by atoms with E-state index >= 15 is 0 Å². The molecule has 3 heteroatoms. The summed E-state index contributed by atoms with van der Waals surface area (Å²) in [4.78, 5) is 21.4. The summed E-state index contributed by atoms with van der Waals surface area (Å²) in [6.07, 6.45) is 3.79. The average Bonchev–Trinajstić information content (AvgIpc) is 2.01. The van der Waals surface area contributed by atoms with Gasteiger partial charge in [0.2, 0.25) is 0 Å².